The Bertz CT molecular complexity index is 350. The van der Waals surface area contributed by atoms with Gasteiger partial charge in [0.15, 0.2) is 0 Å². The van der Waals surface area contributed by atoms with Gasteiger partial charge in [0.1, 0.15) is 0 Å². The quantitative estimate of drug-likeness (QED) is 0.604. The highest BCUT2D eigenvalue weighted by Crippen LogP contribution is 2.39. The molecule has 3 unspecified atom stereocenters. The second-order valence-electron chi connectivity index (χ2n) is 4.10. The van der Waals surface area contributed by atoms with Gasteiger partial charge in [0.25, 0.3) is 0 Å². The van der Waals surface area contributed by atoms with Gasteiger partial charge in [-0.2, -0.15) is 0 Å². The van der Waals surface area contributed by atoms with Crippen LogP contribution in [0.1, 0.15) is 17.2 Å². The van der Waals surface area contributed by atoms with Crippen molar-refractivity contribution in [2.24, 2.45) is 5.92 Å². The molecule has 1 fully saturated rings. The van der Waals surface area contributed by atoms with Crippen LogP contribution in [0.4, 0.5) is 0 Å². The predicted octanol–water partition coefficient (Wildman–Crippen LogP) is 0.553. The van der Waals surface area contributed by atoms with Crippen molar-refractivity contribution in [2.45, 2.75) is 18.6 Å². The summed E-state index contributed by atoms with van der Waals surface area (Å²) in [5.74, 6) is 0.650. The van der Waals surface area contributed by atoms with Crippen molar-refractivity contribution in [1.29, 1.82) is 0 Å². The zero-order valence-electron chi connectivity index (χ0n) is 8.25. The van der Waals surface area contributed by atoms with Crippen LogP contribution in [0.3, 0.4) is 0 Å². The van der Waals surface area contributed by atoms with Crippen LogP contribution >= 0.6 is 0 Å². The van der Waals surface area contributed by atoms with Crippen molar-refractivity contribution in [3.05, 3.63) is 35.4 Å². The van der Waals surface area contributed by atoms with E-state index in [1.165, 1.54) is 17.5 Å². The highest BCUT2D eigenvalue weighted by atomic mass is 15.5. The van der Waals surface area contributed by atoms with E-state index in [0.717, 1.165) is 0 Å². The molecule has 74 valence electrons. The van der Waals surface area contributed by atoms with Crippen LogP contribution in [0.5, 0.6) is 0 Å². The first-order valence-electron chi connectivity index (χ1n) is 5.16. The summed E-state index contributed by atoms with van der Waals surface area (Å²) in [4.78, 5) is 0. The monoisotopic (exact) mass is 189 g/mol. The molecule has 0 bridgehead atoms. The summed E-state index contributed by atoms with van der Waals surface area (Å²) in [6, 6.07) is 9.20. The molecule has 2 aliphatic rings. The van der Waals surface area contributed by atoms with E-state index < -0.39 is 0 Å². The first-order chi connectivity index (χ1) is 6.90. The van der Waals surface area contributed by atoms with Gasteiger partial charge in [-0.25, -0.2) is 10.9 Å². The molecule has 3 heteroatoms. The third-order valence-electron chi connectivity index (χ3n) is 3.41. The predicted molar refractivity (Wildman–Crippen MR) is 55.5 cm³/mol. The Morgan fingerprint density at radius 1 is 1.29 bits per heavy atom. The van der Waals surface area contributed by atoms with Gasteiger partial charge in [0.2, 0.25) is 0 Å². The molecule has 3 atom stereocenters. The highest BCUT2D eigenvalue weighted by Gasteiger charge is 2.41. The first-order valence-corrected chi connectivity index (χ1v) is 5.16. The van der Waals surface area contributed by atoms with Crippen molar-refractivity contribution in [3.8, 4) is 0 Å². The number of rotatable bonds is 1. The van der Waals surface area contributed by atoms with Gasteiger partial charge in [-0.1, -0.05) is 24.3 Å². The fourth-order valence-electron chi connectivity index (χ4n) is 2.69. The Balaban J connectivity index is 1.97. The van der Waals surface area contributed by atoms with Gasteiger partial charge in [0, 0.05) is 5.92 Å². The fourth-order valence-corrected chi connectivity index (χ4v) is 2.69. The van der Waals surface area contributed by atoms with Crippen LogP contribution in [-0.2, 0) is 6.42 Å². The molecule has 0 aromatic heterocycles. The van der Waals surface area contributed by atoms with E-state index in [9.17, 15) is 0 Å². The minimum atomic E-state index is 0.396. The van der Waals surface area contributed by atoms with Gasteiger partial charge < -0.3 is 5.32 Å². The van der Waals surface area contributed by atoms with Gasteiger partial charge in [-0.3, -0.25) is 0 Å². The summed E-state index contributed by atoms with van der Waals surface area (Å²) >= 11 is 0. The lowest BCUT2D eigenvalue weighted by molar-refractivity contribution is 0.396. The van der Waals surface area contributed by atoms with Crippen molar-refractivity contribution >= 4 is 0 Å². The summed E-state index contributed by atoms with van der Waals surface area (Å²) in [6.07, 6.45) is 1.57. The summed E-state index contributed by atoms with van der Waals surface area (Å²) in [5, 5.41) is 3.30. The molecule has 0 saturated carbocycles. The standard InChI is InChI=1S/C11H15N3/c1-12-11-9-6-7-4-2-3-5-8(7)10(9)13-14-11/h2-5,9-14H,6H2,1H3. The van der Waals surface area contributed by atoms with Crippen molar-refractivity contribution < 1.29 is 0 Å². The van der Waals surface area contributed by atoms with Crippen molar-refractivity contribution in [1.82, 2.24) is 16.2 Å². The molecule has 3 rings (SSSR count). The van der Waals surface area contributed by atoms with Gasteiger partial charge >= 0.3 is 0 Å². The number of hydrazine groups is 1. The molecule has 1 aromatic carbocycles. The lowest BCUT2D eigenvalue weighted by Gasteiger charge is -2.15. The smallest absolute Gasteiger partial charge is 0.0752 e. The molecule has 3 N–H and O–H groups in total. The number of nitrogens with one attached hydrogen (secondary N) is 3. The molecule has 1 aliphatic carbocycles. The summed E-state index contributed by atoms with van der Waals surface area (Å²) in [7, 11) is 2.00. The van der Waals surface area contributed by atoms with E-state index in [1.807, 2.05) is 7.05 Å². The molecular weight excluding hydrogens is 174 g/mol. The number of hydrogen-bond acceptors (Lipinski definition) is 3. The summed E-state index contributed by atoms with van der Waals surface area (Å²) in [6.45, 7) is 0. The van der Waals surface area contributed by atoms with Crippen LogP contribution < -0.4 is 16.2 Å². The SMILES string of the molecule is CNC1NNC2c3ccccc3CC12. The lowest BCUT2D eigenvalue weighted by Crippen LogP contribution is -2.42. The maximum absolute atomic E-state index is 3.36. The molecule has 1 aromatic rings. The molecule has 3 nitrogen and oxygen atoms in total. The van der Waals surface area contributed by atoms with Gasteiger partial charge in [0.05, 0.1) is 12.2 Å². The van der Waals surface area contributed by atoms with E-state index in [4.69, 9.17) is 0 Å². The lowest BCUT2D eigenvalue weighted by atomic mass is 10.0. The molecule has 0 amide bonds. The van der Waals surface area contributed by atoms with Crippen LogP contribution in [0.2, 0.25) is 0 Å². The van der Waals surface area contributed by atoms with E-state index in [0.29, 0.717) is 18.1 Å². The molecule has 1 heterocycles. The summed E-state index contributed by atoms with van der Waals surface area (Å²) < 4.78 is 0. The first kappa shape index (κ1) is 8.41. The number of hydrogen-bond donors (Lipinski definition) is 3. The topological polar surface area (TPSA) is 36.1 Å². The maximum Gasteiger partial charge on any atom is 0.0752 e. The fraction of sp³-hybridized carbons (Fsp3) is 0.455. The Morgan fingerprint density at radius 2 is 2.14 bits per heavy atom. The van der Waals surface area contributed by atoms with Crippen LogP contribution in [-0.4, -0.2) is 13.2 Å². The molecule has 0 spiro atoms. The van der Waals surface area contributed by atoms with E-state index in [1.54, 1.807) is 0 Å². The molecule has 1 saturated heterocycles. The Kier molecular flexibility index (Phi) is 1.83. The van der Waals surface area contributed by atoms with Gasteiger partial charge in [-0.05, 0) is 24.6 Å². The second-order valence-corrected chi connectivity index (χ2v) is 4.10. The highest BCUT2D eigenvalue weighted by molar-refractivity contribution is 5.37. The Hall–Kier alpha value is -0.900. The van der Waals surface area contributed by atoms with E-state index in [-0.39, 0.29) is 0 Å². The third-order valence-corrected chi connectivity index (χ3v) is 3.41. The normalized spacial score (nSPS) is 34.2. The third kappa shape index (κ3) is 1.03. The Labute approximate surface area is 83.9 Å². The average Bonchev–Trinajstić information content (AvgIpc) is 2.75. The largest absolute Gasteiger partial charge is 0.304 e. The van der Waals surface area contributed by atoms with Crippen LogP contribution in [0, 0.1) is 5.92 Å². The second kappa shape index (κ2) is 3.05. The van der Waals surface area contributed by atoms with Crippen LogP contribution in [0.25, 0.3) is 0 Å². The van der Waals surface area contributed by atoms with Gasteiger partial charge in [-0.15, -0.1) is 0 Å². The van der Waals surface area contributed by atoms with E-state index in [2.05, 4.69) is 40.4 Å². The minimum Gasteiger partial charge on any atom is -0.304 e. The van der Waals surface area contributed by atoms with Crippen molar-refractivity contribution in [2.75, 3.05) is 7.05 Å². The number of benzene rings is 1. The molecule has 0 radical (unpaired) electrons. The minimum absolute atomic E-state index is 0.396. The van der Waals surface area contributed by atoms with E-state index >= 15 is 0 Å². The zero-order chi connectivity index (χ0) is 9.54. The summed E-state index contributed by atoms with van der Waals surface area (Å²) in [5.41, 5.74) is 9.61. The zero-order valence-corrected chi connectivity index (χ0v) is 8.25. The Morgan fingerprint density at radius 3 is 3.00 bits per heavy atom. The maximum atomic E-state index is 3.36. The number of fused-ring (bicyclic) bond motifs is 3. The molecule has 14 heavy (non-hydrogen) atoms. The molecular formula is C11H15N3. The van der Waals surface area contributed by atoms with Crippen LogP contribution in [0.15, 0.2) is 24.3 Å². The molecule has 1 aliphatic heterocycles. The van der Waals surface area contributed by atoms with Crippen molar-refractivity contribution in [3.63, 3.8) is 0 Å². The average molecular weight is 189 g/mol.